The number of carbonyl (C=O) groups is 1. The zero-order chi connectivity index (χ0) is 14.7. The highest BCUT2D eigenvalue weighted by Gasteiger charge is 2.19. The molecule has 20 heavy (non-hydrogen) atoms. The molecule has 0 fully saturated rings. The summed E-state index contributed by atoms with van der Waals surface area (Å²) in [4.78, 5) is 8.78. The predicted molar refractivity (Wildman–Crippen MR) is 71.6 cm³/mol. The van der Waals surface area contributed by atoms with Gasteiger partial charge >= 0.3 is 6.09 Å². The zero-order valence-corrected chi connectivity index (χ0v) is 10.3. The van der Waals surface area contributed by atoms with Crippen LogP contribution in [0.3, 0.4) is 0 Å². The van der Waals surface area contributed by atoms with E-state index in [0.29, 0.717) is 22.1 Å². The van der Waals surface area contributed by atoms with Crippen molar-refractivity contribution in [1.29, 1.82) is 0 Å². The average Bonchev–Trinajstić information content (AvgIpc) is 2.44. The highest BCUT2D eigenvalue weighted by Crippen LogP contribution is 2.11. The van der Waals surface area contributed by atoms with Gasteiger partial charge in [0, 0.05) is 24.3 Å². The van der Waals surface area contributed by atoms with Gasteiger partial charge in [-0.3, -0.25) is 0 Å². The van der Waals surface area contributed by atoms with Gasteiger partial charge in [0.2, 0.25) is 0 Å². The van der Waals surface area contributed by atoms with Crippen molar-refractivity contribution in [3.05, 3.63) is 58.9 Å². The van der Waals surface area contributed by atoms with E-state index >= 15 is 0 Å². The maximum Gasteiger partial charge on any atom is 0.402 e. The van der Waals surface area contributed by atoms with Crippen LogP contribution < -0.4 is 15.2 Å². The molecular formula is C13H11N3O4. The molecule has 0 atom stereocenters. The Morgan fingerprint density at radius 2 is 1.05 bits per heavy atom. The summed E-state index contributed by atoms with van der Waals surface area (Å²) in [7, 11) is 0. The van der Waals surface area contributed by atoms with Crippen LogP contribution in [0, 0.1) is 10.4 Å². The molecule has 0 saturated carbocycles. The molecule has 3 rings (SSSR count). The lowest BCUT2D eigenvalue weighted by Gasteiger charge is -2.06. The molecule has 0 aliphatic carbocycles. The quantitative estimate of drug-likeness (QED) is 0.359. The standard InChI is InChI=1S/C12H8N2O2.CH3NO2/c15-13-9-5-1-2-6-10(9)14(16)12-8-4-3-7-11(12)13;2-1(3)4/h1-8H;2H2,(H,3,4). The third-order valence-electron chi connectivity index (χ3n) is 2.64. The number of fused-ring (bicyclic) bond motifs is 2. The highest BCUT2D eigenvalue weighted by atomic mass is 16.5. The van der Waals surface area contributed by atoms with Gasteiger partial charge in [-0.05, 0) is 0 Å². The SMILES string of the molecule is NC(=O)O.[O-][n+]1c2ccccc2[n+]([O-])c2ccccc21. The van der Waals surface area contributed by atoms with Gasteiger partial charge in [0.1, 0.15) is 0 Å². The Labute approximate surface area is 113 Å². The Balaban J connectivity index is 0.000000328. The van der Waals surface area contributed by atoms with E-state index in [9.17, 15) is 10.4 Å². The number of nitrogens with zero attached hydrogens (tertiary/aromatic N) is 2. The van der Waals surface area contributed by atoms with Gasteiger partial charge in [0.15, 0.2) is 0 Å². The van der Waals surface area contributed by atoms with Crippen LogP contribution in [0.2, 0.25) is 0 Å². The maximum absolute atomic E-state index is 12.0. The first kappa shape index (κ1) is 13.3. The number of aromatic nitrogens is 2. The monoisotopic (exact) mass is 273 g/mol. The number of amides is 1. The van der Waals surface area contributed by atoms with E-state index in [4.69, 9.17) is 9.90 Å². The Kier molecular flexibility index (Phi) is 3.52. The third kappa shape index (κ3) is 2.37. The summed E-state index contributed by atoms with van der Waals surface area (Å²) in [5.41, 5.74) is 5.57. The van der Waals surface area contributed by atoms with E-state index < -0.39 is 6.09 Å². The lowest BCUT2D eigenvalue weighted by atomic mass is 10.2. The molecular weight excluding hydrogens is 262 g/mol. The van der Waals surface area contributed by atoms with Crippen molar-refractivity contribution in [3.63, 3.8) is 0 Å². The molecule has 2 aromatic carbocycles. The molecule has 0 radical (unpaired) electrons. The van der Waals surface area contributed by atoms with Crippen molar-refractivity contribution in [3.8, 4) is 0 Å². The largest absolute Gasteiger partial charge is 0.617 e. The van der Waals surface area contributed by atoms with Crippen molar-refractivity contribution >= 4 is 28.2 Å². The molecule has 0 bridgehead atoms. The number of primary amides is 1. The van der Waals surface area contributed by atoms with Gasteiger partial charge in [0.05, 0.1) is 0 Å². The van der Waals surface area contributed by atoms with Crippen LogP contribution in [0.25, 0.3) is 22.1 Å². The van der Waals surface area contributed by atoms with Crippen LogP contribution in [0.15, 0.2) is 48.5 Å². The van der Waals surface area contributed by atoms with E-state index in [1.807, 2.05) is 0 Å². The molecule has 0 unspecified atom stereocenters. The number of carboxylic acid groups (broad SMARTS) is 1. The Hall–Kier alpha value is -3.09. The molecule has 7 nitrogen and oxygen atoms in total. The summed E-state index contributed by atoms with van der Waals surface area (Å²) in [5, 5.41) is 31.2. The lowest BCUT2D eigenvalue weighted by Crippen LogP contribution is -2.39. The molecule has 102 valence electrons. The Morgan fingerprint density at radius 1 is 0.850 bits per heavy atom. The van der Waals surface area contributed by atoms with E-state index in [1.54, 1.807) is 48.5 Å². The second-order valence-corrected chi connectivity index (χ2v) is 3.90. The van der Waals surface area contributed by atoms with Gasteiger partial charge in [-0.25, -0.2) is 4.79 Å². The van der Waals surface area contributed by atoms with E-state index in [1.165, 1.54) is 0 Å². The smallest absolute Gasteiger partial charge is 0.402 e. The molecule has 0 aliphatic rings. The van der Waals surface area contributed by atoms with Crippen molar-refractivity contribution in [2.24, 2.45) is 5.73 Å². The van der Waals surface area contributed by atoms with Crippen molar-refractivity contribution in [2.45, 2.75) is 0 Å². The fourth-order valence-electron chi connectivity index (χ4n) is 1.87. The van der Waals surface area contributed by atoms with Crippen LogP contribution in [0.4, 0.5) is 4.79 Å². The number of hydrogen-bond acceptors (Lipinski definition) is 3. The second-order valence-electron chi connectivity index (χ2n) is 3.90. The minimum atomic E-state index is -1.33. The van der Waals surface area contributed by atoms with E-state index in [-0.39, 0.29) is 0 Å². The topological polar surface area (TPSA) is 117 Å². The average molecular weight is 273 g/mol. The third-order valence-corrected chi connectivity index (χ3v) is 2.64. The predicted octanol–water partition coefficient (Wildman–Crippen LogP) is 0.883. The minimum Gasteiger partial charge on any atom is -0.617 e. The van der Waals surface area contributed by atoms with Gasteiger partial charge in [-0.1, -0.05) is 24.3 Å². The fraction of sp³-hybridized carbons (Fsp3) is 0. The summed E-state index contributed by atoms with van der Waals surface area (Å²) >= 11 is 0. The highest BCUT2D eigenvalue weighted by molar-refractivity contribution is 5.76. The molecule has 0 aliphatic heterocycles. The summed E-state index contributed by atoms with van der Waals surface area (Å²) < 4.78 is 1.58. The van der Waals surface area contributed by atoms with Gasteiger partial charge in [0.25, 0.3) is 22.1 Å². The number of nitrogens with two attached hydrogens (primary N) is 1. The van der Waals surface area contributed by atoms with E-state index in [2.05, 4.69) is 5.73 Å². The summed E-state index contributed by atoms with van der Waals surface area (Å²) in [6, 6.07) is 13.5. The molecule has 1 amide bonds. The number of hydrogen-bond donors (Lipinski definition) is 2. The van der Waals surface area contributed by atoms with Crippen LogP contribution in [0.1, 0.15) is 0 Å². The molecule has 0 spiro atoms. The summed E-state index contributed by atoms with van der Waals surface area (Å²) in [6.45, 7) is 0. The first-order valence-electron chi connectivity index (χ1n) is 5.63. The molecule has 3 N–H and O–H groups in total. The summed E-state index contributed by atoms with van der Waals surface area (Å²) in [5.74, 6) is 0. The number of para-hydroxylation sites is 4. The molecule has 7 heteroatoms. The molecule has 3 aromatic rings. The van der Waals surface area contributed by atoms with Crippen molar-refractivity contribution < 1.29 is 19.4 Å². The van der Waals surface area contributed by atoms with Crippen LogP contribution in [-0.4, -0.2) is 11.2 Å². The Bertz CT molecular complexity index is 668. The first-order valence-corrected chi connectivity index (χ1v) is 5.63. The van der Waals surface area contributed by atoms with Crippen molar-refractivity contribution in [1.82, 2.24) is 0 Å². The normalized spacial score (nSPS) is 10.0. The van der Waals surface area contributed by atoms with Crippen LogP contribution in [0.5, 0.6) is 0 Å². The second kappa shape index (κ2) is 5.27. The summed E-state index contributed by atoms with van der Waals surface area (Å²) in [6.07, 6.45) is -1.33. The molecule has 1 aromatic heterocycles. The maximum atomic E-state index is 12.0. The molecule has 0 saturated heterocycles. The van der Waals surface area contributed by atoms with Gasteiger partial charge in [-0.2, -0.15) is 9.46 Å². The lowest BCUT2D eigenvalue weighted by molar-refractivity contribution is -0.591. The van der Waals surface area contributed by atoms with Gasteiger partial charge < -0.3 is 21.3 Å². The minimum absolute atomic E-state index is 0.385. The van der Waals surface area contributed by atoms with Crippen LogP contribution >= 0.6 is 0 Å². The molecule has 1 heterocycles. The van der Waals surface area contributed by atoms with Crippen LogP contribution in [-0.2, 0) is 0 Å². The Morgan fingerprint density at radius 3 is 1.25 bits per heavy atom. The number of rotatable bonds is 0. The van der Waals surface area contributed by atoms with E-state index in [0.717, 1.165) is 9.46 Å². The van der Waals surface area contributed by atoms with Gasteiger partial charge in [-0.15, -0.1) is 0 Å². The van der Waals surface area contributed by atoms with Crippen molar-refractivity contribution in [2.75, 3.05) is 0 Å². The zero-order valence-electron chi connectivity index (χ0n) is 10.3. The first-order chi connectivity index (χ1) is 9.52. The number of benzene rings is 2. The fourth-order valence-corrected chi connectivity index (χ4v) is 1.87.